The number of aromatic nitrogens is 2. The van der Waals surface area contributed by atoms with Gasteiger partial charge in [-0.1, -0.05) is 11.6 Å². The number of nitrogens with one attached hydrogen (secondary N) is 2. The maximum Gasteiger partial charge on any atom is 0.229 e. The monoisotopic (exact) mass is 515 g/mol. The number of halogens is 3. The van der Waals surface area contributed by atoms with Crippen LogP contribution in [0.2, 0.25) is 5.02 Å². The molecule has 1 aliphatic heterocycles. The van der Waals surface area contributed by atoms with Crippen LogP contribution in [0.3, 0.4) is 0 Å². The van der Waals surface area contributed by atoms with Crippen LogP contribution >= 0.6 is 23.8 Å². The highest BCUT2D eigenvalue weighted by Gasteiger charge is 2.22. The Balaban J connectivity index is 1.53. The van der Waals surface area contributed by atoms with Crippen LogP contribution < -0.4 is 15.5 Å². The standard InChI is InChI=1S/C24H24ClF2N7S/c1-15-13-16(2)29-22(28-15)31-23(32-24(35)30-18-5-8-21(27)20(25)14-18)34-11-9-33(10-12-34)19-6-3-17(26)4-7-19/h3-8,13-14H,9-12H2,1-2H3,(H2,28,29,30,31,32,35). The van der Waals surface area contributed by atoms with Crippen molar-refractivity contribution in [2.75, 3.05) is 41.7 Å². The minimum Gasteiger partial charge on any atom is -0.368 e. The molecule has 0 radical (unpaired) electrons. The molecule has 182 valence electrons. The van der Waals surface area contributed by atoms with Crippen molar-refractivity contribution in [3.8, 4) is 0 Å². The normalized spacial score (nSPS) is 14.1. The average Bonchev–Trinajstić information content (AvgIpc) is 2.81. The Bertz CT molecular complexity index is 1220. The molecule has 1 aromatic heterocycles. The number of benzene rings is 2. The Morgan fingerprint density at radius 1 is 0.943 bits per heavy atom. The fraction of sp³-hybridized carbons (Fsp3) is 0.250. The van der Waals surface area contributed by atoms with Crippen molar-refractivity contribution in [3.05, 3.63) is 76.6 Å². The van der Waals surface area contributed by atoms with Gasteiger partial charge in [0.2, 0.25) is 17.0 Å². The summed E-state index contributed by atoms with van der Waals surface area (Å²) in [7, 11) is 0. The summed E-state index contributed by atoms with van der Waals surface area (Å²) in [4.78, 5) is 17.7. The van der Waals surface area contributed by atoms with Crippen molar-refractivity contribution in [1.29, 1.82) is 0 Å². The van der Waals surface area contributed by atoms with Gasteiger partial charge in [-0.25, -0.2) is 18.7 Å². The second-order valence-electron chi connectivity index (χ2n) is 8.04. The molecule has 2 aromatic carbocycles. The van der Waals surface area contributed by atoms with E-state index in [1.807, 2.05) is 24.8 Å². The van der Waals surface area contributed by atoms with Gasteiger partial charge in [0, 0.05) is 48.9 Å². The number of aliphatic imine (C=N–C) groups is 1. The third-order valence-electron chi connectivity index (χ3n) is 5.36. The molecule has 0 bridgehead atoms. The van der Waals surface area contributed by atoms with Gasteiger partial charge in [0.15, 0.2) is 0 Å². The highest BCUT2D eigenvalue weighted by atomic mass is 35.5. The zero-order valence-electron chi connectivity index (χ0n) is 19.2. The predicted octanol–water partition coefficient (Wildman–Crippen LogP) is 5.01. The number of rotatable bonds is 3. The molecule has 11 heteroatoms. The van der Waals surface area contributed by atoms with Gasteiger partial charge in [-0.3, -0.25) is 5.32 Å². The minimum atomic E-state index is -0.514. The summed E-state index contributed by atoms with van der Waals surface area (Å²) in [5.74, 6) is 0.122. The summed E-state index contributed by atoms with van der Waals surface area (Å²) in [5, 5.41) is 6.32. The molecule has 1 saturated heterocycles. The van der Waals surface area contributed by atoms with Crippen LogP contribution in [0.5, 0.6) is 0 Å². The first-order valence-corrected chi connectivity index (χ1v) is 11.7. The first-order chi connectivity index (χ1) is 16.8. The Morgan fingerprint density at radius 2 is 1.60 bits per heavy atom. The number of hydrogen-bond acceptors (Lipinski definition) is 4. The van der Waals surface area contributed by atoms with Crippen molar-refractivity contribution < 1.29 is 8.78 Å². The fourth-order valence-corrected chi connectivity index (χ4v) is 4.09. The van der Waals surface area contributed by atoms with Crippen molar-refractivity contribution >= 4 is 52.2 Å². The molecule has 3 aromatic rings. The summed E-state index contributed by atoms with van der Waals surface area (Å²) >= 11 is 11.3. The highest BCUT2D eigenvalue weighted by Crippen LogP contribution is 2.20. The molecule has 4 rings (SSSR count). The van der Waals surface area contributed by atoms with E-state index >= 15 is 0 Å². The Kier molecular flexibility index (Phi) is 7.72. The molecule has 7 nitrogen and oxygen atoms in total. The minimum absolute atomic E-state index is 0.0133. The molecule has 35 heavy (non-hydrogen) atoms. The SMILES string of the molecule is Cc1cc(C)nc(N/C(=N/C(=S)Nc2ccc(F)c(Cl)c2)N2CCN(c3ccc(F)cc3)CC2)n1. The summed E-state index contributed by atoms with van der Waals surface area (Å²) in [6, 6.07) is 12.6. The van der Waals surface area contributed by atoms with E-state index in [1.165, 1.54) is 30.3 Å². The van der Waals surface area contributed by atoms with E-state index < -0.39 is 5.82 Å². The van der Waals surface area contributed by atoms with E-state index in [-0.39, 0.29) is 16.0 Å². The maximum atomic E-state index is 13.5. The third kappa shape index (κ3) is 6.61. The number of thiocarbonyl (C=S) groups is 1. The smallest absolute Gasteiger partial charge is 0.229 e. The number of hydrogen-bond donors (Lipinski definition) is 2. The first-order valence-electron chi connectivity index (χ1n) is 11.0. The summed E-state index contributed by atoms with van der Waals surface area (Å²) in [6.45, 7) is 6.46. The summed E-state index contributed by atoms with van der Waals surface area (Å²) in [6.07, 6.45) is 0. The number of anilines is 3. The van der Waals surface area contributed by atoms with E-state index in [9.17, 15) is 8.78 Å². The lowest BCUT2D eigenvalue weighted by Crippen LogP contribution is -2.51. The van der Waals surface area contributed by atoms with Crippen molar-refractivity contribution in [3.63, 3.8) is 0 Å². The molecule has 0 saturated carbocycles. The molecule has 2 N–H and O–H groups in total. The van der Waals surface area contributed by atoms with Gasteiger partial charge in [-0.15, -0.1) is 0 Å². The Hall–Kier alpha value is -3.37. The number of aryl methyl sites for hydroxylation is 2. The van der Waals surface area contributed by atoms with E-state index in [0.717, 1.165) is 17.1 Å². The third-order valence-corrected chi connectivity index (χ3v) is 5.84. The first kappa shape index (κ1) is 24.7. The second kappa shape index (κ2) is 10.9. The molecule has 0 amide bonds. The van der Waals surface area contributed by atoms with E-state index in [0.29, 0.717) is 43.8 Å². The highest BCUT2D eigenvalue weighted by molar-refractivity contribution is 7.80. The molecular weight excluding hydrogens is 492 g/mol. The lowest BCUT2D eigenvalue weighted by Gasteiger charge is -2.37. The molecule has 1 fully saturated rings. The van der Waals surface area contributed by atoms with Gasteiger partial charge in [0.1, 0.15) is 11.6 Å². The topological polar surface area (TPSA) is 68.7 Å². The van der Waals surface area contributed by atoms with Crippen LogP contribution in [0, 0.1) is 25.5 Å². The van der Waals surface area contributed by atoms with Crippen molar-refractivity contribution in [2.45, 2.75) is 13.8 Å². The second-order valence-corrected chi connectivity index (χ2v) is 8.84. The molecule has 0 atom stereocenters. The summed E-state index contributed by atoms with van der Waals surface area (Å²) in [5.41, 5.74) is 3.12. The van der Waals surface area contributed by atoms with Gasteiger partial charge in [0.25, 0.3) is 0 Å². The lowest BCUT2D eigenvalue weighted by atomic mass is 10.2. The Labute approximate surface area is 212 Å². The van der Waals surface area contributed by atoms with Crippen LogP contribution in [0.1, 0.15) is 11.4 Å². The zero-order chi connectivity index (χ0) is 24.9. The quantitative estimate of drug-likeness (QED) is 0.288. The van der Waals surface area contributed by atoms with Crippen molar-refractivity contribution in [2.24, 2.45) is 4.99 Å². The van der Waals surface area contributed by atoms with E-state index in [2.05, 4.69) is 30.5 Å². The van der Waals surface area contributed by atoms with E-state index in [4.69, 9.17) is 23.8 Å². The van der Waals surface area contributed by atoms with Gasteiger partial charge in [0.05, 0.1) is 5.02 Å². The molecular formula is C24H24ClF2N7S. The van der Waals surface area contributed by atoms with Gasteiger partial charge in [-0.05, 0) is 74.6 Å². The maximum absolute atomic E-state index is 13.5. The van der Waals surface area contributed by atoms with Crippen LogP contribution in [0.15, 0.2) is 53.5 Å². The van der Waals surface area contributed by atoms with Crippen LogP contribution in [0.25, 0.3) is 0 Å². The average molecular weight is 516 g/mol. The summed E-state index contributed by atoms with van der Waals surface area (Å²) < 4.78 is 26.8. The molecule has 0 spiro atoms. The number of guanidine groups is 1. The number of piperazine rings is 1. The van der Waals surface area contributed by atoms with Gasteiger partial charge < -0.3 is 15.1 Å². The molecule has 0 unspecified atom stereocenters. The van der Waals surface area contributed by atoms with Gasteiger partial charge in [-0.2, -0.15) is 4.99 Å². The largest absolute Gasteiger partial charge is 0.368 e. The zero-order valence-corrected chi connectivity index (χ0v) is 20.8. The lowest BCUT2D eigenvalue weighted by molar-refractivity contribution is 0.385. The molecule has 2 heterocycles. The van der Waals surface area contributed by atoms with E-state index in [1.54, 1.807) is 12.1 Å². The molecule has 0 aliphatic carbocycles. The Morgan fingerprint density at radius 3 is 2.23 bits per heavy atom. The van der Waals surface area contributed by atoms with Crippen LogP contribution in [0.4, 0.5) is 26.1 Å². The number of nitrogens with zero attached hydrogens (tertiary/aromatic N) is 5. The van der Waals surface area contributed by atoms with Crippen molar-refractivity contribution in [1.82, 2.24) is 14.9 Å². The molecule has 1 aliphatic rings. The van der Waals surface area contributed by atoms with Crippen LogP contribution in [-0.2, 0) is 0 Å². The van der Waals surface area contributed by atoms with Crippen LogP contribution in [-0.4, -0.2) is 52.1 Å². The van der Waals surface area contributed by atoms with Gasteiger partial charge >= 0.3 is 0 Å². The predicted molar refractivity (Wildman–Crippen MR) is 140 cm³/mol. The fourth-order valence-electron chi connectivity index (χ4n) is 3.71.